The van der Waals surface area contributed by atoms with Crippen LogP contribution in [0.4, 0.5) is 0 Å². The molecule has 0 aliphatic heterocycles. The number of nitriles is 1. The van der Waals surface area contributed by atoms with E-state index in [2.05, 4.69) is 0 Å². The van der Waals surface area contributed by atoms with Crippen LogP contribution < -0.4 is 0 Å². The predicted octanol–water partition coefficient (Wildman–Crippen LogP) is 1.30. The van der Waals surface area contributed by atoms with E-state index in [1.165, 1.54) is 13.2 Å². The number of hydrogen-bond acceptors (Lipinski definition) is 2. The van der Waals surface area contributed by atoms with Crippen molar-refractivity contribution in [2.75, 3.05) is 7.05 Å². The Labute approximate surface area is 73.1 Å². The highest BCUT2D eigenvalue weighted by Gasteiger charge is 2.33. The van der Waals surface area contributed by atoms with Crippen molar-refractivity contribution < 1.29 is 4.79 Å². The van der Waals surface area contributed by atoms with Gasteiger partial charge < -0.3 is 0 Å². The van der Waals surface area contributed by atoms with Gasteiger partial charge in [0, 0.05) is 7.05 Å². The molecule has 10 heavy (non-hydrogen) atoms. The molecule has 6 heteroatoms. The first kappa shape index (κ1) is 9.83. The van der Waals surface area contributed by atoms with E-state index in [9.17, 15) is 4.79 Å². The van der Waals surface area contributed by atoms with Crippen LogP contribution in [0.1, 0.15) is 0 Å². The number of halogens is 3. The van der Waals surface area contributed by atoms with Gasteiger partial charge in [-0.1, -0.05) is 34.8 Å². The molecular weight excluding hydrogens is 198 g/mol. The molecule has 0 atom stereocenters. The molecule has 1 amide bonds. The van der Waals surface area contributed by atoms with Crippen molar-refractivity contribution in [1.82, 2.24) is 4.90 Å². The Balaban J connectivity index is 4.27. The van der Waals surface area contributed by atoms with Crippen molar-refractivity contribution in [1.29, 1.82) is 5.26 Å². The molecule has 0 aromatic carbocycles. The zero-order chi connectivity index (χ0) is 8.36. The Bertz CT molecular complexity index is 180. The molecule has 56 valence electrons. The lowest BCUT2D eigenvalue weighted by molar-refractivity contribution is -0.126. The molecule has 0 aliphatic carbocycles. The van der Waals surface area contributed by atoms with Crippen LogP contribution in [0.3, 0.4) is 0 Å². The number of hydrogen-bond donors (Lipinski definition) is 0. The van der Waals surface area contributed by atoms with Crippen molar-refractivity contribution in [2.45, 2.75) is 3.79 Å². The summed E-state index contributed by atoms with van der Waals surface area (Å²) in [6, 6.07) is 0. The van der Waals surface area contributed by atoms with Crippen molar-refractivity contribution in [3.8, 4) is 6.19 Å². The zero-order valence-electron chi connectivity index (χ0n) is 4.94. The molecule has 0 radical (unpaired) electrons. The van der Waals surface area contributed by atoms with E-state index in [-0.39, 0.29) is 0 Å². The molecule has 0 aliphatic rings. The summed E-state index contributed by atoms with van der Waals surface area (Å²) in [7, 11) is 1.21. The molecule has 0 bridgehead atoms. The molecule has 0 aromatic rings. The van der Waals surface area contributed by atoms with E-state index in [4.69, 9.17) is 40.1 Å². The lowest BCUT2D eigenvalue weighted by Gasteiger charge is -2.12. The molecule has 0 rings (SSSR count). The molecular formula is C4H3Cl3N2O. The van der Waals surface area contributed by atoms with Gasteiger partial charge in [-0.3, -0.25) is 4.79 Å². The van der Waals surface area contributed by atoms with E-state index in [1.54, 1.807) is 0 Å². The highest BCUT2D eigenvalue weighted by Crippen LogP contribution is 2.27. The van der Waals surface area contributed by atoms with E-state index < -0.39 is 9.70 Å². The van der Waals surface area contributed by atoms with Gasteiger partial charge in [-0.25, -0.2) is 4.90 Å². The molecule has 0 saturated carbocycles. The SMILES string of the molecule is CN(C#N)C(=O)C(Cl)(Cl)Cl. The molecule has 3 nitrogen and oxygen atoms in total. The van der Waals surface area contributed by atoms with Gasteiger partial charge in [0.1, 0.15) is 0 Å². The van der Waals surface area contributed by atoms with Gasteiger partial charge in [-0.2, -0.15) is 5.26 Å². The number of alkyl halides is 3. The van der Waals surface area contributed by atoms with Crippen LogP contribution in [-0.4, -0.2) is 21.6 Å². The third-order valence-corrected chi connectivity index (χ3v) is 1.18. The van der Waals surface area contributed by atoms with Crippen LogP contribution >= 0.6 is 34.8 Å². The summed E-state index contributed by atoms with van der Waals surface area (Å²) in [5.74, 6) is -0.861. The molecule has 0 fully saturated rings. The van der Waals surface area contributed by atoms with Crippen LogP contribution in [0.2, 0.25) is 0 Å². The van der Waals surface area contributed by atoms with E-state index in [0.717, 1.165) is 0 Å². The van der Waals surface area contributed by atoms with Crippen molar-refractivity contribution >= 4 is 40.7 Å². The fourth-order valence-electron chi connectivity index (χ4n) is 0.236. The van der Waals surface area contributed by atoms with Crippen LogP contribution in [0.25, 0.3) is 0 Å². The quantitative estimate of drug-likeness (QED) is 0.337. The van der Waals surface area contributed by atoms with Gasteiger partial charge in [0.25, 0.3) is 9.70 Å². The molecule has 0 saturated heterocycles. The minimum atomic E-state index is -2.04. The Morgan fingerprint density at radius 1 is 1.60 bits per heavy atom. The van der Waals surface area contributed by atoms with Crippen molar-refractivity contribution in [3.05, 3.63) is 0 Å². The van der Waals surface area contributed by atoms with Crippen molar-refractivity contribution in [3.63, 3.8) is 0 Å². The summed E-state index contributed by atoms with van der Waals surface area (Å²) < 4.78 is -2.04. The van der Waals surface area contributed by atoms with Crippen LogP contribution in [-0.2, 0) is 4.79 Å². The smallest absolute Gasteiger partial charge is 0.269 e. The third kappa shape index (κ3) is 2.61. The van der Waals surface area contributed by atoms with Crippen LogP contribution in [0.5, 0.6) is 0 Å². The standard InChI is InChI=1S/C4H3Cl3N2O/c1-9(2-8)3(10)4(5,6)7/h1H3. The lowest BCUT2D eigenvalue weighted by atomic mass is 10.6. The van der Waals surface area contributed by atoms with Gasteiger partial charge in [0.15, 0.2) is 6.19 Å². The maximum absolute atomic E-state index is 10.7. The molecule has 0 spiro atoms. The minimum absolute atomic E-state index is 0.646. The van der Waals surface area contributed by atoms with E-state index in [1.807, 2.05) is 0 Å². The molecule has 0 unspecified atom stereocenters. The molecule has 0 aromatic heterocycles. The summed E-state index contributed by atoms with van der Waals surface area (Å²) >= 11 is 15.4. The first-order valence-corrected chi connectivity index (χ1v) is 3.27. The number of nitrogens with zero attached hydrogens (tertiary/aromatic N) is 2. The first-order chi connectivity index (χ1) is 4.39. The number of rotatable bonds is 0. The zero-order valence-corrected chi connectivity index (χ0v) is 7.20. The van der Waals surface area contributed by atoms with E-state index in [0.29, 0.717) is 4.90 Å². The molecule has 0 heterocycles. The summed E-state index contributed by atoms with van der Waals surface area (Å²) in [6.45, 7) is 0. The number of carbonyl (C=O) groups is 1. The topological polar surface area (TPSA) is 44.1 Å². The summed E-state index contributed by atoms with van der Waals surface area (Å²) in [6.07, 6.45) is 1.50. The Kier molecular flexibility index (Phi) is 3.23. The third-order valence-electron chi connectivity index (χ3n) is 0.697. The summed E-state index contributed by atoms with van der Waals surface area (Å²) in [4.78, 5) is 11.3. The van der Waals surface area contributed by atoms with Crippen LogP contribution in [0, 0.1) is 11.5 Å². The average Bonchev–Trinajstić information content (AvgIpc) is 1.83. The highest BCUT2D eigenvalue weighted by molar-refractivity contribution is 6.76. The van der Waals surface area contributed by atoms with Gasteiger partial charge in [-0.15, -0.1) is 0 Å². The average molecular weight is 201 g/mol. The molecule has 0 N–H and O–H groups in total. The van der Waals surface area contributed by atoms with Gasteiger partial charge in [0.05, 0.1) is 0 Å². The second-order valence-corrected chi connectivity index (χ2v) is 3.74. The fraction of sp³-hybridized carbons (Fsp3) is 0.500. The summed E-state index contributed by atoms with van der Waals surface area (Å²) in [5.41, 5.74) is 0. The van der Waals surface area contributed by atoms with Crippen LogP contribution in [0.15, 0.2) is 0 Å². The second-order valence-electron chi connectivity index (χ2n) is 1.46. The number of amides is 1. The lowest BCUT2D eigenvalue weighted by Crippen LogP contribution is -2.32. The van der Waals surface area contributed by atoms with Gasteiger partial charge >= 0.3 is 0 Å². The maximum atomic E-state index is 10.7. The Hall–Kier alpha value is -0.170. The second kappa shape index (κ2) is 3.29. The number of carbonyl (C=O) groups excluding carboxylic acids is 1. The minimum Gasteiger partial charge on any atom is -0.269 e. The largest absolute Gasteiger partial charge is 0.287 e. The maximum Gasteiger partial charge on any atom is 0.287 e. The predicted molar refractivity (Wildman–Crippen MR) is 38.7 cm³/mol. The Morgan fingerprint density at radius 3 is 2.10 bits per heavy atom. The van der Waals surface area contributed by atoms with Gasteiger partial charge in [-0.05, 0) is 0 Å². The monoisotopic (exact) mass is 200 g/mol. The van der Waals surface area contributed by atoms with Gasteiger partial charge in [0.2, 0.25) is 0 Å². The Morgan fingerprint density at radius 2 is 2.00 bits per heavy atom. The van der Waals surface area contributed by atoms with E-state index >= 15 is 0 Å². The van der Waals surface area contributed by atoms with Crippen molar-refractivity contribution in [2.24, 2.45) is 0 Å². The normalized spacial score (nSPS) is 10.3. The highest BCUT2D eigenvalue weighted by atomic mass is 35.6. The first-order valence-electron chi connectivity index (χ1n) is 2.14. The fourth-order valence-corrected chi connectivity index (χ4v) is 0.616. The summed E-state index contributed by atoms with van der Waals surface area (Å²) in [5, 5.41) is 8.15.